The van der Waals surface area contributed by atoms with Gasteiger partial charge in [0, 0.05) is 35.3 Å². The molecule has 33 heavy (non-hydrogen) atoms. The summed E-state index contributed by atoms with van der Waals surface area (Å²) in [6.45, 7) is -0.267. The van der Waals surface area contributed by atoms with E-state index in [4.69, 9.17) is 9.47 Å². The fourth-order valence-electron chi connectivity index (χ4n) is 2.90. The average molecular weight is 447 g/mol. The van der Waals surface area contributed by atoms with Gasteiger partial charge in [0.25, 0.3) is 17.5 Å². The number of anilines is 1. The summed E-state index contributed by atoms with van der Waals surface area (Å²) in [5.74, 6) is 0.732. The zero-order chi connectivity index (χ0) is 23.2. The first kappa shape index (κ1) is 21.4. The number of nitro benzene ring substituents is 1. The van der Waals surface area contributed by atoms with Gasteiger partial charge >= 0.3 is 0 Å². The maximum Gasteiger partial charge on any atom is 0.276 e. The molecule has 0 radical (unpaired) electrons. The van der Waals surface area contributed by atoms with Crippen molar-refractivity contribution in [1.82, 2.24) is 25.6 Å². The molecule has 12 heteroatoms. The number of ether oxygens (including phenoxy) is 2. The molecule has 4 rings (SSSR count). The lowest BCUT2D eigenvalue weighted by Crippen LogP contribution is -2.34. The minimum Gasteiger partial charge on any atom is -0.497 e. The Morgan fingerprint density at radius 2 is 2.00 bits per heavy atom. The molecule has 2 heterocycles. The molecule has 0 bridgehead atoms. The second-order valence-corrected chi connectivity index (χ2v) is 6.63. The Bertz CT molecular complexity index is 1310. The monoisotopic (exact) mass is 447 g/mol. The molecule has 0 unspecified atom stereocenters. The van der Waals surface area contributed by atoms with Gasteiger partial charge in [0.2, 0.25) is 0 Å². The van der Waals surface area contributed by atoms with Crippen LogP contribution in [-0.4, -0.2) is 44.7 Å². The molecule has 0 aliphatic heterocycles. The van der Waals surface area contributed by atoms with E-state index in [1.165, 1.54) is 18.3 Å². The Kier molecular flexibility index (Phi) is 6.16. The maximum atomic E-state index is 12.1. The molecular formula is C21H17N7O5. The predicted octanol–water partition coefficient (Wildman–Crippen LogP) is 2.53. The largest absolute Gasteiger partial charge is 0.497 e. The fourth-order valence-corrected chi connectivity index (χ4v) is 2.90. The van der Waals surface area contributed by atoms with Crippen molar-refractivity contribution in [3.8, 4) is 22.8 Å². The first-order valence-corrected chi connectivity index (χ1v) is 9.58. The van der Waals surface area contributed by atoms with Crippen molar-refractivity contribution in [2.45, 2.75) is 0 Å². The molecule has 2 aromatic heterocycles. The third kappa shape index (κ3) is 5.07. The van der Waals surface area contributed by atoms with Crippen LogP contribution in [0.2, 0.25) is 0 Å². The lowest BCUT2D eigenvalue weighted by molar-refractivity contribution is -0.384. The van der Waals surface area contributed by atoms with E-state index in [0.29, 0.717) is 28.3 Å². The Labute approximate surface area is 186 Å². The summed E-state index contributed by atoms with van der Waals surface area (Å²) in [4.78, 5) is 30.9. The van der Waals surface area contributed by atoms with Gasteiger partial charge in [-0.3, -0.25) is 30.7 Å². The SMILES string of the molecule is COc1ccc2c(OCC(=O)NNc3ncc(-c4cccc([N+](=O)[O-])c4)nn3)ccnc2c1. The number of nitrogens with zero attached hydrogens (tertiary/aromatic N) is 5. The predicted molar refractivity (Wildman–Crippen MR) is 117 cm³/mol. The highest BCUT2D eigenvalue weighted by atomic mass is 16.6. The second-order valence-electron chi connectivity index (χ2n) is 6.63. The standard InChI is InChI=1S/C21H17N7O5/c1-32-15-5-6-16-17(10-15)22-8-7-19(16)33-12-20(29)25-27-21-23-11-18(24-26-21)13-3-2-4-14(9-13)28(30)31/h2-11H,12H2,1H3,(H,25,29)(H,23,26,27). The molecule has 4 aromatic rings. The van der Waals surface area contributed by atoms with Crippen LogP contribution < -0.4 is 20.3 Å². The molecule has 1 amide bonds. The summed E-state index contributed by atoms with van der Waals surface area (Å²) >= 11 is 0. The summed E-state index contributed by atoms with van der Waals surface area (Å²) in [5.41, 5.74) is 6.41. The van der Waals surface area contributed by atoms with E-state index in [0.717, 1.165) is 5.39 Å². The van der Waals surface area contributed by atoms with Gasteiger partial charge < -0.3 is 9.47 Å². The summed E-state index contributed by atoms with van der Waals surface area (Å²) in [5, 5.41) is 19.5. The molecule has 166 valence electrons. The van der Waals surface area contributed by atoms with Crippen molar-refractivity contribution >= 4 is 28.4 Å². The van der Waals surface area contributed by atoms with Crippen molar-refractivity contribution in [1.29, 1.82) is 0 Å². The quantitative estimate of drug-likeness (QED) is 0.304. The van der Waals surface area contributed by atoms with E-state index in [1.807, 2.05) is 0 Å². The van der Waals surface area contributed by atoms with Crippen LogP contribution in [0.1, 0.15) is 0 Å². The Hall–Kier alpha value is -4.87. The Morgan fingerprint density at radius 1 is 1.12 bits per heavy atom. The summed E-state index contributed by atoms with van der Waals surface area (Å²) in [7, 11) is 1.57. The molecular weight excluding hydrogens is 430 g/mol. The van der Waals surface area contributed by atoms with Crippen LogP contribution in [0.3, 0.4) is 0 Å². The van der Waals surface area contributed by atoms with Crippen LogP contribution in [0.15, 0.2) is 60.9 Å². The molecule has 0 saturated carbocycles. The lowest BCUT2D eigenvalue weighted by Gasteiger charge is -2.10. The topological polar surface area (TPSA) is 154 Å². The van der Waals surface area contributed by atoms with E-state index >= 15 is 0 Å². The molecule has 0 aliphatic carbocycles. The van der Waals surface area contributed by atoms with Gasteiger partial charge in [-0.2, -0.15) is 0 Å². The summed E-state index contributed by atoms with van der Waals surface area (Å²) < 4.78 is 10.8. The van der Waals surface area contributed by atoms with E-state index < -0.39 is 10.8 Å². The normalized spacial score (nSPS) is 10.5. The maximum absolute atomic E-state index is 12.1. The average Bonchev–Trinajstić information content (AvgIpc) is 2.86. The number of carbonyl (C=O) groups excluding carboxylic acids is 1. The number of hydrogen-bond donors (Lipinski definition) is 2. The number of amides is 1. The molecule has 0 atom stereocenters. The molecule has 12 nitrogen and oxygen atoms in total. The molecule has 0 spiro atoms. The number of non-ortho nitro benzene ring substituents is 1. The number of methoxy groups -OCH3 is 1. The van der Waals surface area contributed by atoms with Gasteiger partial charge in [-0.05, 0) is 18.2 Å². The van der Waals surface area contributed by atoms with Crippen LogP contribution in [-0.2, 0) is 4.79 Å². The zero-order valence-corrected chi connectivity index (χ0v) is 17.3. The highest BCUT2D eigenvalue weighted by Gasteiger charge is 2.10. The number of rotatable bonds is 8. The number of pyridine rings is 1. The minimum atomic E-state index is -0.497. The second kappa shape index (κ2) is 9.51. The lowest BCUT2D eigenvalue weighted by atomic mass is 10.1. The van der Waals surface area contributed by atoms with E-state index in [-0.39, 0.29) is 18.2 Å². The van der Waals surface area contributed by atoms with Gasteiger partial charge in [-0.1, -0.05) is 12.1 Å². The van der Waals surface area contributed by atoms with E-state index in [2.05, 4.69) is 31.0 Å². The minimum absolute atomic E-state index is 0.0407. The van der Waals surface area contributed by atoms with Gasteiger partial charge in [0.05, 0.1) is 23.7 Å². The molecule has 2 aromatic carbocycles. The highest BCUT2D eigenvalue weighted by Crippen LogP contribution is 2.27. The molecule has 0 saturated heterocycles. The number of aromatic nitrogens is 4. The molecule has 2 N–H and O–H groups in total. The van der Waals surface area contributed by atoms with Gasteiger partial charge in [-0.15, -0.1) is 10.2 Å². The third-order valence-electron chi connectivity index (χ3n) is 4.50. The van der Waals surface area contributed by atoms with Crippen molar-refractivity contribution in [3.05, 3.63) is 71.0 Å². The smallest absolute Gasteiger partial charge is 0.276 e. The van der Waals surface area contributed by atoms with Crippen LogP contribution in [0.4, 0.5) is 11.6 Å². The van der Waals surface area contributed by atoms with Gasteiger partial charge in [-0.25, -0.2) is 4.98 Å². The number of fused-ring (bicyclic) bond motifs is 1. The first-order valence-electron chi connectivity index (χ1n) is 9.58. The van der Waals surface area contributed by atoms with Crippen molar-refractivity contribution < 1.29 is 19.2 Å². The molecule has 0 aliphatic rings. The number of hydrogen-bond acceptors (Lipinski definition) is 10. The third-order valence-corrected chi connectivity index (χ3v) is 4.50. The van der Waals surface area contributed by atoms with Crippen LogP contribution in [0.5, 0.6) is 11.5 Å². The van der Waals surface area contributed by atoms with Crippen molar-refractivity contribution in [3.63, 3.8) is 0 Å². The highest BCUT2D eigenvalue weighted by molar-refractivity contribution is 5.86. The van der Waals surface area contributed by atoms with Crippen LogP contribution >= 0.6 is 0 Å². The first-order chi connectivity index (χ1) is 16.0. The van der Waals surface area contributed by atoms with E-state index in [9.17, 15) is 14.9 Å². The van der Waals surface area contributed by atoms with Crippen LogP contribution in [0.25, 0.3) is 22.2 Å². The number of carbonyl (C=O) groups is 1. The number of nitrogens with one attached hydrogen (secondary N) is 2. The summed E-state index contributed by atoms with van der Waals surface area (Å²) in [6.07, 6.45) is 2.96. The molecule has 0 fully saturated rings. The summed E-state index contributed by atoms with van der Waals surface area (Å²) in [6, 6.07) is 13.0. The number of nitro groups is 1. The fraction of sp³-hybridized carbons (Fsp3) is 0.0952. The van der Waals surface area contributed by atoms with E-state index in [1.54, 1.807) is 49.7 Å². The number of benzene rings is 2. The van der Waals surface area contributed by atoms with Gasteiger partial charge in [0.15, 0.2) is 6.61 Å². The van der Waals surface area contributed by atoms with Crippen LogP contribution in [0, 0.1) is 10.1 Å². The van der Waals surface area contributed by atoms with Crippen molar-refractivity contribution in [2.75, 3.05) is 19.1 Å². The number of hydrazine groups is 1. The Morgan fingerprint density at radius 3 is 2.76 bits per heavy atom. The zero-order valence-electron chi connectivity index (χ0n) is 17.3. The van der Waals surface area contributed by atoms with Gasteiger partial charge in [0.1, 0.15) is 17.2 Å². The Balaban J connectivity index is 1.33. The van der Waals surface area contributed by atoms with Crippen molar-refractivity contribution in [2.24, 2.45) is 0 Å².